The van der Waals surface area contributed by atoms with Crippen LogP contribution in [0.3, 0.4) is 0 Å². The first-order valence-corrected chi connectivity index (χ1v) is 8.46. The van der Waals surface area contributed by atoms with Crippen LogP contribution in [0.25, 0.3) is 11.5 Å². The van der Waals surface area contributed by atoms with Gasteiger partial charge in [-0.3, -0.25) is 4.68 Å². The first-order valence-electron chi connectivity index (χ1n) is 7.67. The van der Waals surface area contributed by atoms with Crippen molar-refractivity contribution >= 4 is 27.6 Å². The van der Waals surface area contributed by atoms with Crippen molar-refractivity contribution in [1.29, 1.82) is 0 Å². The summed E-state index contributed by atoms with van der Waals surface area (Å²) in [6.07, 6.45) is 5.81. The molecule has 0 saturated carbocycles. The Labute approximate surface area is 142 Å². The molecule has 1 aromatic carbocycles. The molecule has 0 atom stereocenters. The molecule has 23 heavy (non-hydrogen) atoms. The Morgan fingerprint density at radius 3 is 3.09 bits per heavy atom. The normalized spacial score (nSPS) is 14.1. The van der Waals surface area contributed by atoms with E-state index in [1.807, 2.05) is 23.9 Å². The van der Waals surface area contributed by atoms with Gasteiger partial charge in [0, 0.05) is 29.4 Å². The summed E-state index contributed by atoms with van der Waals surface area (Å²) in [7, 11) is 0. The molecule has 0 unspecified atom stereocenters. The zero-order valence-electron chi connectivity index (χ0n) is 12.7. The molecule has 0 saturated heterocycles. The average molecular weight is 374 g/mol. The van der Waals surface area contributed by atoms with Crippen LogP contribution in [-0.4, -0.2) is 26.5 Å². The maximum Gasteiger partial charge on any atom is 0.270 e. The van der Waals surface area contributed by atoms with Crippen LogP contribution in [0.4, 0.5) is 11.6 Å². The number of aryl methyl sites for hydroxylation is 2. The van der Waals surface area contributed by atoms with Gasteiger partial charge in [-0.05, 0) is 48.7 Å². The molecule has 4 rings (SSSR count). The average Bonchev–Trinajstić information content (AvgIpc) is 3.23. The highest BCUT2D eigenvalue weighted by molar-refractivity contribution is 9.10. The van der Waals surface area contributed by atoms with Crippen molar-refractivity contribution in [2.24, 2.45) is 0 Å². The number of nitrogens with zero attached hydrogens (tertiary/aromatic N) is 5. The maximum absolute atomic E-state index is 5.44. The van der Waals surface area contributed by atoms with Crippen LogP contribution in [0.1, 0.15) is 18.9 Å². The summed E-state index contributed by atoms with van der Waals surface area (Å²) in [4.78, 5) is 6.67. The third kappa shape index (κ3) is 2.65. The number of fused-ring (bicyclic) bond motifs is 1. The Kier molecular flexibility index (Phi) is 3.65. The first kappa shape index (κ1) is 14.4. The molecule has 0 N–H and O–H groups in total. The second kappa shape index (κ2) is 5.81. The number of hydrogen-bond donors (Lipinski definition) is 0. The molecule has 118 valence electrons. The van der Waals surface area contributed by atoms with Gasteiger partial charge in [-0.1, -0.05) is 15.9 Å². The van der Waals surface area contributed by atoms with Crippen molar-refractivity contribution in [3.05, 3.63) is 40.6 Å². The maximum atomic E-state index is 5.44. The van der Waals surface area contributed by atoms with Crippen molar-refractivity contribution in [3.8, 4) is 11.5 Å². The fourth-order valence-electron chi connectivity index (χ4n) is 2.86. The lowest BCUT2D eigenvalue weighted by atomic mass is 10.0. The van der Waals surface area contributed by atoms with E-state index in [4.69, 9.17) is 4.52 Å². The van der Waals surface area contributed by atoms with Gasteiger partial charge in [0.05, 0.1) is 11.8 Å². The largest absolute Gasteiger partial charge is 0.332 e. The van der Waals surface area contributed by atoms with Crippen LogP contribution in [0.2, 0.25) is 0 Å². The number of benzene rings is 1. The molecule has 0 spiro atoms. The van der Waals surface area contributed by atoms with Gasteiger partial charge in [0.25, 0.3) is 11.8 Å². The number of aromatic nitrogens is 4. The predicted molar refractivity (Wildman–Crippen MR) is 90.7 cm³/mol. The summed E-state index contributed by atoms with van der Waals surface area (Å²) in [5, 5.41) is 8.41. The van der Waals surface area contributed by atoms with Gasteiger partial charge in [0.15, 0.2) is 0 Å². The van der Waals surface area contributed by atoms with Crippen LogP contribution in [0.5, 0.6) is 0 Å². The summed E-state index contributed by atoms with van der Waals surface area (Å²) in [5.74, 6) is 1.11. The van der Waals surface area contributed by atoms with Gasteiger partial charge < -0.3 is 9.42 Å². The summed E-state index contributed by atoms with van der Waals surface area (Å²) >= 11 is 3.53. The third-order valence-corrected chi connectivity index (χ3v) is 4.51. The molecule has 3 heterocycles. The molecule has 2 aromatic heterocycles. The lowest BCUT2D eigenvalue weighted by Gasteiger charge is -2.28. The van der Waals surface area contributed by atoms with Gasteiger partial charge >= 0.3 is 0 Å². The highest BCUT2D eigenvalue weighted by Gasteiger charge is 2.23. The Balaban J connectivity index is 1.67. The van der Waals surface area contributed by atoms with Crippen LogP contribution in [0, 0.1) is 0 Å². The Morgan fingerprint density at radius 1 is 1.35 bits per heavy atom. The van der Waals surface area contributed by atoms with Gasteiger partial charge in [0.1, 0.15) is 0 Å². The Morgan fingerprint density at radius 2 is 2.26 bits per heavy atom. The molecular formula is C16H16BrN5O. The van der Waals surface area contributed by atoms with Crippen molar-refractivity contribution < 1.29 is 4.52 Å². The Bertz CT molecular complexity index is 841. The zero-order chi connectivity index (χ0) is 15.8. The van der Waals surface area contributed by atoms with Crippen LogP contribution in [0.15, 0.2) is 39.6 Å². The lowest BCUT2D eigenvalue weighted by Crippen LogP contribution is -2.25. The quantitative estimate of drug-likeness (QED) is 0.698. The van der Waals surface area contributed by atoms with E-state index in [1.54, 1.807) is 6.20 Å². The molecule has 0 fully saturated rings. The monoisotopic (exact) mass is 373 g/mol. The summed E-state index contributed by atoms with van der Waals surface area (Å²) < 4.78 is 8.37. The van der Waals surface area contributed by atoms with Gasteiger partial charge in [-0.15, -0.1) is 0 Å². The van der Waals surface area contributed by atoms with E-state index in [2.05, 4.69) is 48.2 Å². The second-order valence-electron chi connectivity index (χ2n) is 5.51. The van der Waals surface area contributed by atoms with E-state index in [9.17, 15) is 0 Å². The van der Waals surface area contributed by atoms with Crippen LogP contribution in [-0.2, 0) is 13.0 Å². The molecule has 0 radical (unpaired) electrons. The minimum Gasteiger partial charge on any atom is -0.332 e. The van der Waals surface area contributed by atoms with Crippen molar-refractivity contribution in [1.82, 2.24) is 19.9 Å². The standard InChI is InChI=1S/C16H16BrN5O/c1-2-21-10-12(9-18-21)15-19-16(20-23-15)22-7-3-4-11-8-13(17)5-6-14(11)22/h5-6,8-10H,2-4,7H2,1H3. The highest BCUT2D eigenvalue weighted by Crippen LogP contribution is 2.34. The molecule has 1 aliphatic rings. The van der Waals surface area contributed by atoms with Gasteiger partial charge in [-0.25, -0.2) is 0 Å². The van der Waals surface area contributed by atoms with E-state index < -0.39 is 0 Å². The van der Waals surface area contributed by atoms with E-state index in [0.29, 0.717) is 11.8 Å². The second-order valence-corrected chi connectivity index (χ2v) is 6.43. The Hall–Kier alpha value is -2.15. The van der Waals surface area contributed by atoms with E-state index in [0.717, 1.165) is 41.7 Å². The number of rotatable bonds is 3. The number of anilines is 2. The van der Waals surface area contributed by atoms with Gasteiger partial charge in [0.2, 0.25) is 0 Å². The summed E-state index contributed by atoms with van der Waals surface area (Å²) in [6.45, 7) is 3.75. The molecule has 0 aliphatic carbocycles. The lowest BCUT2D eigenvalue weighted by molar-refractivity contribution is 0.430. The van der Waals surface area contributed by atoms with E-state index in [1.165, 1.54) is 5.56 Å². The summed E-state index contributed by atoms with van der Waals surface area (Å²) in [5.41, 5.74) is 3.30. The molecule has 3 aromatic rings. The third-order valence-electron chi connectivity index (χ3n) is 4.02. The minimum atomic E-state index is 0.504. The van der Waals surface area contributed by atoms with Crippen LogP contribution >= 0.6 is 15.9 Å². The van der Waals surface area contributed by atoms with E-state index in [-0.39, 0.29) is 0 Å². The van der Waals surface area contributed by atoms with Gasteiger partial charge in [-0.2, -0.15) is 10.1 Å². The smallest absolute Gasteiger partial charge is 0.270 e. The van der Waals surface area contributed by atoms with Crippen molar-refractivity contribution in [2.75, 3.05) is 11.4 Å². The molecule has 7 heteroatoms. The van der Waals surface area contributed by atoms with Crippen molar-refractivity contribution in [2.45, 2.75) is 26.3 Å². The topological polar surface area (TPSA) is 60.0 Å². The minimum absolute atomic E-state index is 0.504. The molecule has 0 bridgehead atoms. The fraction of sp³-hybridized carbons (Fsp3) is 0.312. The molecule has 0 amide bonds. The van der Waals surface area contributed by atoms with Crippen molar-refractivity contribution in [3.63, 3.8) is 0 Å². The molecule has 6 nitrogen and oxygen atoms in total. The summed E-state index contributed by atoms with van der Waals surface area (Å²) in [6, 6.07) is 6.31. The first-order chi connectivity index (χ1) is 11.2. The predicted octanol–water partition coefficient (Wildman–Crippen LogP) is 3.80. The van der Waals surface area contributed by atoms with Crippen LogP contribution < -0.4 is 4.90 Å². The highest BCUT2D eigenvalue weighted by atomic mass is 79.9. The SMILES string of the molecule is CCn1cc(-c2nc(N3CCCc4cc(Br)ccc43)no2)cn1. The zero-order valence-corrected chi connectivity index (χ0v) is 14.3. The fourth-order valence-corrected chi connectivity index (χ4v) is 3.27. The van der Waals surface area contributed by atoms with E-state index >= 15 is 0 Å². The molecular weight excluding hydrogens is 358 g/mol. The number of hydrogen-bond acceptors (Lipinski definition) is 5. The number of halogens is 1. The molecule has 1 aliphatic heterocycles.